The van der Waals surface area contributed by atoms with Crippen LogP contribution in [-0.2, 0) is 23.6 Å². The number of nitrogens with zero attached hydrogens (tertiary/aromatic N) is 1. The van der Waals surface area contributed by atoms with E-state index in [1.807, 2.05) is 0 Å². The molecule has 41 heavy (non-hydrogen) atoms. The van der Waals surface area contributed by atoms with Crippen molar-refractivity contribution in [1.29, 1.82) is 0 Å². The highest BCUT2D eigenvalue weighted by atomic mass is 19.4. The van der Waals surface area contributed by atoms with Crippen LogP contribution in [0.15, 0.2) is 48.5 Å². The van der Waals surface area contributed by atoms with Gasteiger partial charge in [-0.25, -0.2) is 13.6 Å². The molecule has 3 aromatic rings. The Labute approximate surface area is 230 Å². The van der Waals surface area contributed by atoms with E-state index < -0.39 is 58.9 Å². The highest BCUT2D eigenvalue weighted by Crippen LogP contribution is 2.42. The Morgan fingerprint density at radius 1 is 0.902 bits per heavy atom. The lowest BCUT2D eigenvalue weighted by atomic mass is 9.92. The first-order chi connectivity index (χ1) is 19.0. The van der Waals surface area contributed by atoms with E-state index in [2.05, 4.69) is 0 Å². The van der Waals surface area contributed by atoms with Crippen LogP contribution in [0.1, 0.15) is 60.6 Å². The molecular weight excluding hydrogens is 562 g/mol. The summed E-state index contributed by atoms with van der Waals surface area (Å²) in [5.41, 5.74) is -2.27. The number of hydrogen-bond donors (Lipinski definition) is 0. The van der Waals surface area contributed by atoms with E-state index in [4.69, 9.17) is 9.47 Å². The summed E-state index contributed by atoms with van der Waals surface area (Å²) >= 11 is 0. The molecule has 1 amide bonds. The molecular formula is C29H25F8NO3. The van der Waals surface area contributed by atoms with Gasteiger partial charge in [-0.1, -0.05) is 19.9 Å². The number of carbonyl (C=O) groups is 1. The van der Waals surface area contributed by atoms with Gasteiger partial charge in [0.2, 0.25) is 0 Å². The number of carbonyl (C=O) groups excluding carboxylic acids is 1. The van der Waals surface area contributed by atoms with Crippen molar-refractivity contribution in [1.82, 2.24) is 4.90 Å². The van der Waals surface area contributed by atoms with Crippen molar-refractivity contribution in [3.05, 3.63) is 88.0 Å². The molecule has 0 bridgehead atoms. The normalized spacial score (nSPS) is 17.8. The largest absolute Gasteiger partial charge is 0.496 e. The lowest BCUT2D eigenvalue weighted by Gasteiger charge is -2.24. The molecule has 1 fully saturated rings. The summed E-state index contributed by atoms with van der Waals surface area (Å²) in [5.74, 6) is -1.31. The van der Waals surface area contributed by atoms with Crippen LogP contribution in [0.4, 0.5) is 39.9 Å². The van der Waals surface area contributed by atoms with E-state index in [0.29, 0.717) is 28.8 Å². The summed E-state index contributed by atoms with van der Waals surface area (Å²) in [6.07, 6.45) is -12.6. The molecule has 2 atom stereocenters. The first-order valence-corrected chi connectivity index (χ1v) is 12.4. The van der Waals surface area contributed by atoms with E-state index >= 15 is 0 Å². The second kappa shape index (κ2) is 10.9. The molecule has 0 radical (unpaired) electrons. The van der Waals surface area contributed by atoms with Gasteiger partial charge < -0.3 is 9.47 Å². The third-order valence-electron chi connectivity index (χ3n) is 6.97. The van der Waals surface area contributed by atoms with Crippen LogP contribution < -0.4 is 4.74 Å². The summed E-state index contributed by atoms with van der Waals surface area (Å²) in [6, 6.07) is 6.37. The summed E-state index contributed by atoms with van der Waals surface area (Å²) in [7, 11) is 1.31. The minimum Gasteiger partial charge on any atom is -0.496 e. The summed E-state index contributed by atoms with van der Waals surface area (Å²) < 4.78 is 120. The molecule has 4 nitrogen and oxygen atoms in total. The number of halogens is 8. The minimum atomic E-state index is -5.08. The molecule has 0 spiro atoms. The number of alkyl halides is 6. The van der Waals surface area contributed by atoms with Gasteiger partial charge in [0.15, 0.2) is 0 Å². The Balaban J connectivity index is 1.75. The average molecular weight is 588 g/mol. The molecule has 3 aromatic carbocycles. The van der Waals surface area contributed by atoms with Crippen molar-refractivity contribution in [3.63, 3.8) is 0 Å². The van der Waals surface area contributed by atoms with Crippen LogP contribution in [0.5, 0.6) is 5.75 Å². The molecule has 1 heterocycles. The minimum absolute atomic E-state index is 0.00496. The molecule has 1 saturated heterocycles. The van der Waals surface area contributed by atoms with Gasteiger partial charge in [-0.05, 0) is 71.5 Å². The quantitative estimate of drug-likeness (QED) is 0.271. The molecule has 12 heteroatoms. The topological polar surface area (TPSA) is 38.8 Å². The highest BCUT2D eigenvalue weighted by molar-refractivity contribution is 5.76. The predicted molar refractivity (Wildman–Crippen MR) is 133 cm³/mol. The van der Waals surface area contributed by atoms with E-state index in [1.165, 1.54) is 32.2 Å². The van der Waals surface area contributed by atoms with Crippen molar-refractivity contribution in [3.8, 4) is 16.9 Å². The monoisotopic (exact) mass is 587 g/mol. The second-order valence-corrected chi connectivity index (χ2v) is 10.0. The molecule has 0 aromatic heterocycles. The summed E-state index contributed by atoms with van der Waals surface area (Å²) in [5, 5.41) is 0. The van der Waals surface area contributed by atoms with E-state index in [1.54, 1.807) is 13.8 Å². The van der Waals surface area contributed by atoms with Crippen LogP contribution >= 0.6 is 0 Å². The Hall–Kier alpha value is -3.83. The fourth-order valence-electron chi connectivity index (χ4n) is 4.82. The maximum Gasteiger partial charge on any atom is 0.416 e. The van der Waals surface area contributed by atoms with Crippen molar-refractivity contribution >= 4 is 6.09 Å². The maximum atomic E-state index is 14.6. The molecule has 1 unspecified atom stereocenters. The smallest absolute Gasteiger partial charge is 0.416 e. The van der Waals surface area contributed by atoms with Crippen LogP contribution in [0.25, 0.3) is 11.1 Å². The molecule has 0 N–H and O–H groups in total. The molecule has 220 valence electrons. The van der Waals surface area contributed by atoms with E-state index in [0.717, 1.165) is 17.0 Å². The van der Waals surface area contributed by atoms with Gasteiger partial charge in [0.25, 0.3) is 0 Å². The summed E-state index contributed by atoms with van der Waals surface area (Å²) in [4.78, 5) is 14.0. The Morgan fingerprint density at radius 2 is 1.51 bits per heavy atom. The van der Waals surface area contributed by atoms with Crippen molar-refractivity contribution < 1.29 is 49.4 Å². The highest BCUT2D eigenvalue weighted by Gasteiger charge is 2.43. The lowest BCUT2D eigenvalue weighted by molar-refractivity contribution is -0.143. The van der Waals surface area contributed by atoms with Crippen molar-refractivity contribution in [2.75, 3.05) is 7.11 Å². The molecule has 1 aliphatic rings. The fourth-order valence-corrected chi connectivity index (χ4v) is 4.82. The predicted octanol–water partition coefficient (Wildman–Crippen LogP) is 8.88. The van der Waals surface area contributed by atoms with E-state index in [9.17, 15) is 39.9 Å². The molecule has 1 aliphatic heterocycles. The zero-order valence-electron chi connectivity index (χ0n) is 22.3. The standard InChI is InChI=1S/C29H25F8NO3/c1-14(2)21-11-23(25(40-4)12-24(21)31)22-10-20(30)6-5-16(22)13-38-15(3)26(41-27(38)39)17-7-18(28(32,33)34)9-19(8-17)29(35,36)37/h5-12,14-15,26H,13H2,1-4H3/t15-,26?/m0/s1. The number of rotatable bonds is 6. The Kier molecular flexibility index (Phi) is 7.99. The van der Waals surface area contributed by atoms with Crippen LogP contribution in [0, 0.1) is 11.6 Å². The van der Waals surface area contributed by atoms with Gasteiger partial charge in [0, 0.05) is 11.6 Å². The molecule has 0 aliphatic carbocycles. The SMILES string of the molecule is COc1cc(F)c(C(C)C)cc1-c1cc(F)ccc1CN1C(=O)OC(c2cc(C(F)(F)F)cc(C(F)(F)F)c2)[C@@H]1C. The van der Waals surface area contributed by atoms with Crippen molar-refractivity contribution in [2.24, 2.45) is 0 Å². The number of benzene rings is 3. The van der Waals surface area contributed by atoms with Gasteiger partial charge >= 0.3 is 18.4 Å². The van der Waals surface area contributed by atoms with Crippen LogP contribution in [0.2, 0.25) is 0 Å². The van der Waals surface area contributed by atoms with Gasteiger partial charge in [-0.2, -0.15) is 26.3 Å². The molecule has 4 rings (SSSR count). The van der Waals surface area contributed by atoms with Crippen molar-refractivity contribution in [2.45, 2.75) is 57.7 Å². The van der Waals surface area contributed by atoms with E-state index in [-0.39, 0.29) is 29.8 Å². The van der Waals surface area contributed by atoms with Gasteiger partial charge in [-0.15, -0.1) is 0 Å². The number of methoxy groups -OCH3 is 1. The number of hydrogen-bond acceptors (Lipinski definition) is 3. The summed E-state index contributed by atoms with van der Waals surface area (Å²) in [6.45, 7) is 4.71. The molecule has 0 saturated carbocycles. The number of ether oxygens (including phenoxy) is 2. The lowest BCUT2D eigenvalue weighted by Crippen LogP contribution is -2.31. The number of cyclic esters (lactones) is 1. The first kappa shape index (κ1) is 30.1. The first-order valence-electron chi connectivity index (χ1n) is 12.4. The van der Waals surface area contributed by atoms with Crippen LogP contribution in [0.3, 0.4) is 0 Å². The Bertz CT molecular complexity index is 1430. The maximum absolute atomic E-state index is 14.6. The second-order valence-electron chi connectivity index (χ2n) is 10.0. The number of amides is 1. The Morgan fingerprint density at radius 3 is 2.05 bits per heavy atom. The third-order valence-corrected chi connectivity index (χ3v) is 6.97. The fraction of sp³-hybridized carbons (Fsp3) is 0.345. The third kappa shape index (κ3) is 6.11. The van der Waals surface area contributed by atoms with Crippen LogP contribution in [-0.4, -0.2) is 24.1 Å². The van der Waals surface area contributed by atoms with Gasteiger partial charge in [0.05, 0.1) is 30.8 Å². The van der Waals surface area contributed by atoms with Gasteiger partial charge in [0.1, 0.15) is 23.5 Å². The van der Waals surface area contributed by atoms with Gasteiger partial charge in [-0.3, -0.25) is 4.90 Å². The average Bonchev–Trinajstić information content (AvgIpc) is 3.16. The zero-order chi connectivity index (χ0) is 30.4. The zero-order valence-corrected chi connectivity index (χ0v) is 22.3.